The zero-order valence-corrected chi connectivity index (χ0v) is 14.1. The number of alkyl halides is 3. The number of hydrogen-bond donors (Lipinski definition) is 1. The summed E-state index contributed by atoms with van der Waals surface area (Å²) >= 11 is 5.84. The summed E-state index contributed by atoms with van der Waals surface area (Å²) in [5.74, 6) is 0.109. The van der Waals surface area contributed by atoms with Crippen LogP contribution in [0, 0.1) is 0 Å². The van der Waals surface area contributed by atoms with Crippen molar-refractivity contribution in [1.82, 2.24) is 24.5 Å². The van der Waals surface area contributed by atoms with Crippen molar-refractivity contribution in [2.24, 2.45) is 15.9 Å². The maximum absolute atomic E-state index is 13.6. The topological polar surface area (TPSA) is 99.3 Å². The van der Waals surface area contributed by atoms with E-state index in [2.05, 4.69) is 25.4 Å². The smallest absolute Gasteiger partial charge is 0.385 e. The van der Waals surface area contributed by atoms with E-state index in [0.29, 0.717) is 21.1 Å². The van der Waals surface area contributed by atoms with Gasteiger partial charge in [-0.2, -0.15) is 32.7 Å². The number of amidine groups is 1. The van der Waals surface area contributed by atoms with Gasteiger partial charge in [0.25, 0.3) is 5.96 Å². The Kier molecular flexibility index (Phi) is 3.95. The van der Waals surface area contributed by atoms with Gasteiger partial charge in [-0.05, 0) is 18.2 Å². The van der Waals surface area contributed by atoms with Gasteiger partial charge in [0.1, 0.15) is 18.0 Å². The third-order valence-corrected chi connectivity index (χ3v) is 4.00. The number of nitrogens with zero attached hydrogens (tertiary/aromatic N) is 7. The first kappa shape index (κ1) is 17.2. The van der Waals surface area contributed by atoms with Crippen LogP contribution in [-0.2, 0) is 12.6 Å². The van der Waals surface area contributed by atoms with E-state index in [1.165, 1.54) is 6.33 Å². The third kappa shape index (κ3) is 3.16. The highest BCUT2D eigenvalue weighted by Crippen LogP contribution is 2.33. The van der Waals surface area contributed by atoms with Gasteiger partial charge in [-0.25, -0.2) is 4.98 Å². The first-order valence-electron chi connectivity index (χ1n) is 7.56. The molecule has 0 atom stereocenters. The van der Waals surface area contributed by atoms with Crippen LogP contribution >= 0.6 is 11.6 Å². The lowest BCUT2D eigenvalue weighted by atomic mass is 10.1. The van der Waals surface area contributed by atoms with Gasteiger partial charge < -0.3 is 5.73 Å². The fourth-order valence-corrected chi connectivity index (χ4v) is 2.66. The molecule has 0 saturated carbocycles. The van der Waals surface area contributed by atoms with Crippen LogP contribution in [0.25, 0.3) is 11.3 Å². The zero-order valence-electron chi connectivity index (χ0n) is 13.4. The second-order valence-electron chi connectivity index (χ2n) is 5.59. The van der Waals surface area contributed by atoms with E-state index < -0.39 is 11.9 Å². The summed E-state index contributed by atoms with van der Waals surface area (Å²) in [6, 6.07) is 7.18. The molecule has 3 heterocycles. The van der Waals surface area contributed by atoms with Crippen LogP contribution in [0.2, 0.25) is 5.02 Å². The molecule has 8 nitrogen and oxygen atoms in total. The minimum atomic E-state index is -4.69. The van der Waals surface area contributed by atoms with Crippen LogP contribution in [0.3, 0.4) is 0 Å². The zero-order chi connectivity index (χ0) is 19.2. The Morgan fingerprint density at radius 3 is 2.52 bits per heavy atom. The number of nitrogens with two attached hydrogens (primary N) is 1. The van der Waals surface area contributed by atoms with E-state index in [4.69, 9.17) is 17.3 Å². The number of halogens is 4. The van der Waals surface area contributed by atoms with E-state index in [9.17, 15) is 13.2 Å². The predicted octanol–water partition coefficient (Wildman–Crippen LogP) is 2.39. The largest absolute Gasteiger partial charge is 0.433 e. The lowest BCUT2D eigenvalue weighted by Crippen LogP contribution is -2.29. The highest BCUT2D eigenvalue weighted by atomic mass is 35.5. The standard InChI is InChI=1S/C15H10ClF3N8/c16-9-3-1-8(2-4-9)10-5-11(15(17,18)19)26(25-10)14-24-23-12(20)6-13-21-7-22-27(13)14/h1-5,7H,6H2,(H2,20,23). The molecule has 4 rings (SSSR count). The summed E-state index contributed by atoms with van der Waals surface area (Å²) in [5, 5.41) is 16.0. The average molecular weight is 395 g/mol. The lowest BCUT2D eigenvalue weighted by molar-refractivity contribution is -0.142. The molecule has 0 spiro atoms. The van der Waals surface area contributed by atoms with E-state index >= 15 is 0 Å². The summed E-state index contributed by atoms with van der Waals surface area (Å²) in [6.07, 6.45) is -3.40. The summed E-state index contributed by atoms with van der Waals surface area (Å²) in [4.78, 5) is 3.98. The molecule has 0 radical (unpaired) electrons. The van der Waals surface area contributed by atoms with Gasteiger partial charge >= 0.3 is 6.18 Å². The van der Waals surface area contributed by atoms with Crippen molar-refractivity contribution in [3.63, 3.8) is 0 Å². The van der Waals surface area contributed by atoms with Crippen LogP contribution in [0.1, 0.15) is 11.5 Å². The minimum Gasteiger partial charge on any atom is -0.385 e. The van der Waals surface area contributed by atoms with Crippen LogP contribution in [0.5, 0.6) is 0 Å². The van der Waals surface area contributed by atoms with Crippen LogP contribution in [0.15, 0.2) is 46.9 Å². The van der Waals surface area contributed by atoms with Crippen molar-refractivity contribution >= 4 is 23.4 Å². The maximum Gasteiger partial charge on any atom is 0.433 e. The van der Waals surface area contributed by atoms with Gasteiger partial charge in [-0.1, -0.05) is 23.7 Å². The van der Waals surface area contributed by atoms with Gasteiger partial charge in [-0.15, -0.1) is 10.2 Å². The molecular formula is C15H10ClF3N8. The van der Waals surface area contributed by atoms with Gasteiger partial charge in [0, 0.05) is 10.6 Å². The molecule has 138 valence electrons. The third-order valence-electron chi connectivity index (χ3n) is 3.74. The number of fused-ring (bicyclic) bond motifs is 1. The summed E-state index contributed by atoms with van der Waals surface area (Å²) < 4.78 is 42.7. The normalized spacial score (nSPS) is 14.4. The van der Waals surface area contributed by atoms with Gasteiger partial charge in [0.15, 0.2) is 5.69 Å². The molecule has 1 aliphatic heterocycles. The van der Waals surface area contributed by atoms with E-state index in [1.54, 1.807) is 24.3 Å². The molecule has 0 bridgehead atoms. The Hall–Kier alpha value is -3.21. The molecule has 1 aliphatic rings. The van der Waals surface area contributed by atoms with E-state index in [-0.39, 0.29) is 23.9 Å². The fraction of sp³-hybridized carbons (Fsp3) is 0.133. The molecule has 0 unspecified atom stereocenters. The van der Waals surface area contributed by atoms with Crippen LogP contribution < -0.4 is 5.73 Å². The van der Waals surface area contributed by atoms with Gasteiger partial charge in [-0.3, -0.25) is 0 Å². The fourth-order valence-electron chi connectivity index (χ4n) is 2.53. The van der Waals surface area contributed by atoms with Gasteiger partial charge in [0.2, 0.25) is 0 Å². The Morgan fingerprint density at radius 2 is 1.81 bits per heavy atom. The second kappa shape index (κ2) is 6.20. The molecular weight excluding hydrogens is 385 g/mol. The second-order valence-corrected chi connectivity index (χ2v) is 6.02. The molecule has 0 amide bonds. The first-order valence-corrected chi connectivity index (χ1v) is 7.93. The van der Waals surface area contributed by atoms with E-state index in [1.807, 2.05) is 0 Å². The molecule has 0 saturated heterocycles. The van der Waals surface area contributed by atoms with Crippen LogP contribution in [0.4, 0.5) is 13.2 Å². The Labute approximate surface area is 154 Å². The molecule has 3 aromatic rings. The summed E-state index contributed by atoms with van der Waals surface area (Å²) in [6.45, 7) is 0. The highest BCUT2D eigenvalue weighted by Gasteiger charge is 2.38. The van der Waals surface area contributed by atoms with Crippen molar-refractivity contribution in [2.45, 2.75) is 12.6 Å². The van der Waals surface area contributed by atoms with Crippen molar-refractivity contribution < 1.29 is 13.2 Å². The van der Waals surface area contributed by atoms with Gasteiger partial charge in [0.05, 0.1) is 12.1 Å². The number of benzene rings is 1. The summed E-state index contributed by atoms with van der Waals surface area (Å²) in [7, 11) is 0. The highest BCUT2D eigenvalue weighted by molar-refractivity contribution is 6.30. The lowest BCUT2D eigenvalue weighted by Gasteiger charge is -2.11. The van der Waals surface area contributed by atoms with Crippen molar-refractivity contribution in [3.05, 3.63) is 53.2 Å². The Bertz CT molecular complexity index is 1060. The Balaban J connectivity index is 1.91. The molecule has 2 N–H and O–H groups in total. The monoisotopic (exact) mass is 394 g/mol. The molecule has 2 aromatic heterocycles. The molecule has 0 fully saturated rings. The molecule has 0 aliphatic carbocycles. The van der Waals surface area contributed by atoms with Crippen molar-refractivity contribution in [2.75, 3.05) is 0 Å². The van der Waals surface area contributed by atoms with Crippen molar-refractivity contribution in [1.29, 1.82) is 0 Å². The Morgan fingerprint density at radius 1 is 1.07 bits per heavy atom. The number of aromatic nitrogens is 5. The SMILES string of the molecule is NC1=NN=C(n2nc(-c3ccc(Cl)cc3)cc2C(F)(F)F)n2ncnc2C1. The van der Waals surface area contributed by atoms with E-state index in [0.717, 1.165) is 10.7 Å². The van der Waals surface area contributed by atoms with Crippen molar-refractivity contribution in [3.8, 4) is 11.3 Å². The molecule has 12 heteroatoms. The molecule has 27 heavy (non-hydrogen) atoms. The predicted molar refractivity (Wildman–Crippen MR) is 91.3 cm³/mol. The quantitative estimate of drug-likeness (QED) is 0.685. The minimum absolute atomic E-state index is 0.0876. The maximum atomic E-state index is 13.6. The average Bonchev–Trinajstić information content (AvgIpc) is 3.21. The molecule has 1 aromatic carbocycles. The van der Waals surface area contributed by atoms with Crippen LogP contribution in [-0.4, -0.2) is 36.3 Å². The summed E-state index contributed by atoms with van der Waals surface area (Å²) in [5.41, 5.74) is 5.19. The number of rotatable bonds is 1. The first-order chi connectivity index (χ1) is 12.8. The number of hydrogen-bond acceptors (Lipinski definition) is 6.